The van der Waals surface area contributed by atoms with Gasteiger partial charge in [0.15, 0.2) is 0 Å². The van der Waals surface area contributed by atoms with Crippen LogP contribution in [0.15, 0.2) is 53.6 Å². The largest absolute Gasteiger partial charge is 0.356 e. The molecule has 0 amide bonds. The van der Waals surface area contributed by atoms with Gasteiger partial charge in [-0.25, -0.2) is 26.9 Å². The number of nitrogens with zero attached hydrogens (tertiary/aromatic N) is 3. The molecule has 180 valence electrons. The van der Waals surface area contributed by atoms with Crippen LogP contribution in [0.3, 0.4) is 0 Å². The quantitative estimate of drug-likeness (QED) is 0.651. The second kappa shape index (κ2) is 10.0. The summed E-state index contributed by atoms with van der Waals surface area (Å²) in [5.41, 5.74) is 1.28. The topological polar surface area (TPSA) is 65.5 Å². The van der Waals surface area contributed by atoms with Crippen molar-refractivity contribution in [3.8, 4) is 0 Å². The van der Waals surface area contributed by atoms with Gasteiger partial charge in [-0.3, -0.25) is 4.90 Å². The van der Waals surface area contributed by atoms with Crippen molar-refractivity contribution >= 4 is 15.8 Å². The van der Waals surface area contributed by atoms with E-state index in [0.717, 1.165) is 32.2 Å². The van der Waals surface area contributed by atoms with Crippen LogP contribution in [0.1, 0.15) is 44.1 Å². The zero-order chi connectivity index (χ0) is 23.5. The zero-order valence-electron chi connectivity index (χ0n) is 19.0. The lowest BCUT2D eigenvalue weighted by Gasteiger charge is -2.35. The van der Waals surface area contributed by atoms with E-state index in [-0.39, 0.29) is 36.9 Å². The highest BCUT2D eigenvalue weighted by Gasteiger charge is 2.34. The van der Waals surface area contributed by atoms with Gasteiger partial charge in [0.1, 0.15) is 10.7 Å². The molecule has 1 aliphatic heterocycles. The van der Waals surface area contributed by atoms with Crippen molar-refractivity contribution in [1.29, 1.82) is 0 Å². The Morgan fingerprint density at radius 2 is 1.73 bits per heavy atom. The van der Waals surface area contributed by atoms with E-state index >= 15 is 0 Å². The van der Waals surface area contributed by atoms with Crippen molar-refractivity contribution in [1.82, 2.24) is 14.6 Å². The minimum Gasteiger partial charge on any atom is -0.356 e. The molecule has 1 saturated carbocycles. The first-order valence-electron chi connectivity index (χ1n) is 11.6. The Labute approximate surface area is 195 Å². The van der Waals surface area contributed by atoms with E-state index in [4.69, 9.17) is 0 Å². The predicted molar refractivity (Wildman–Crippen MR) is 125 cm³/mol. The van der Waals surface area contributed by atoms with Gasteiger partial charge in [-0.2, -0.15) is 0 Å². The van der Waals surface area contributed by atoms with Crippen molar-refractivity contribution in [2.24, 2.45) is 0 Å². The molecule has 0 atom stereocenters. The Balaban J connectivity index is 1.28. The highest BCUT2D eigenvalue weighted by molar-refractivity contribution is 7.89. The zero-order valence-corrected chi connectivity index (χ0v) is 19.8. The number of halogens is 2. The lowest BCUT2D eigenvalue weighted by atomic mass is 9.91. The standard InChI is InChI=1S/C24H32F2N4O2S/c1-29(18-19-5-3-2-4-6-19)21-9-7-20(8-10-21)28-33(31,32)22-11-12-23(27-17-22)30-15-13-24(25,26)14-16-30/h2-6,11-12,17,20-21,28H,7-10,13-16,18H2,1H3/t20-,21-. The van der Waals surface area contributed by atoms with Gasteiger partial charge in [0.25, 0.3) is 5.92 Å². The first-order chi connectivity index (χ1) is 15.7. The number of anilines is 1. The van der Waals surface area contributed by atoms with Crippen molar-refractivity contribution in [2.45, 2.75) is 68.0 Å². The van der Waals surface area contributed by atoms with Gasteiger partial charge in [0.05, 0.1) is 0 Å². The molecule has 1 saturated heterocycles. The highest BCUT2D eigenvalue weighted by atomic mass is 32.2. The summed E-state index contributed by atoms with van der Waals surface area (Å²) in [6.07, 6.45) is 4.36. The van der Waals surface area contributed by atoms with E-state index in [9.17, 15) is 17.2 Å². The fraction of sp³-hybridized carbons (Fsp3) is 0.542. The fourth-order valence-electron chi connectivity index (χ4n) is 4.70. The molecule has 2 aromatic rings. The summed E-state index contributed by atoms with van der Waals surface area (Å²) in [6, 6.07) is 13.8. The first kappa shape index (κ1) is 24.0. The van der Waals surface area contributed by atoms with Crippen LogP contribution in [0.5, 0.6) is 0 Å². The average molecular weight is 479 g/mol. The van der Waals surface area contributed by atoms with Gasteiger partial charge < -0.3 is 4.90 Å². The molecule has 0 radical (unpaired) electrons. The van der Waals surface area contributed by atoms with Crippen LogP contribution in [0.2, 0.25) is 0 Å². The maximum absolute atomic E-state index is 13.4. The van der Waals surface area contributed by atoms with Crippen molar-refractivity contribution in [3.63, 3.8) is 0 Å². The molecular weight excluding hydrogens is 446 g/mol. The van der Waals surface area contributed by atoms with Crippen LogP contribution >= 0.6 is 0 Å². The van der Waals surface area contributed by atoms with E-state index in [2.05, 4.69) is 33.8 Å². The average Bonchev–Trinajstić information content (AvgIpc) is 2.80. The normalized spacial score (nSPS) is 23.6. The van der Waals surface area contributed by atoms with Crippen LogP contribution in [0.25, 0.3) is 0 Å². The van der Waals surface area contributed by atoms with Gasteiger partial charge in [-0.05, 0) is 50.4 Å². The van der Waals surface area contributed by atoms with Gasteiger partial charge >= 0.3 is 0 Å². The molecule has 9 heteroatoms. The Kier molecular flexibility index (Phi) is 7.31. The Bertz CT molecular complexity index is 1000. The molecule has 0 bridgehead atoms. The maximum atomic E-state index is 13.4. The van der Waals surface area contributed by atoms with Crippen molar-refractivity contribution in [3.05, 3.63) is 54.2 Å². The van der Waals surface area contributed by atoms with Crippen LogP contribution < -0.4 is 9.62 Å². The molecule has 0 unspecified atom stereocenters. The third-order valence-electron chi connectivity index (χ3n) is 6.77. The highest BCUT2D eigenvalue weighted by Crippen LogP contribution is 2.30. The number of hydrogen-bond donors (Lipinski definition) is 1. The minimum absolute atomic E-state index is 0.0969. The second-order valence-corrected chi connectivity index (χ2v) is 10.9. The third kappa shape index (κ3) is 6.28. The monoisotopic (exact) mass is 478 g/mol. The van der Waals surface area contributed by atoms with E-state index in [1.165, 1.54) is 17.8 Å². The number of piperidine rings is 1. The summed E-state index contributed by atoms with van der Waals surface area (Å²) in [5.74, 6) is -2.09. The minimum atomic E-state index is -3.68. The lowest BCUT2D eigenvalue weighted by Crippen LogP contribution is -2.42. The van der Waals surface area contributed by atoms with Gasteiger partial charge in [0.2, 0.25) is 10.0 Å². The van der Waals surface area contributed by atoms with E-state index in [1.807, 2.05) is 18.2 Å². The molecule has 1 aromatic heterocycles. The molecule has 6 nitrogen and oxygen atoms in total. The number of rotatable bonds is 7. The molecule has 1 aromatic carbocycles. The molecule has 1 N–H and O–H groups in total. The molecule has 2 heterocycles. The maximum Gasteiger partial charge on any atom is 0.251 e. The van der Waals surface area contributed by atoms with Crippen LogP contribution in [-0.4, -0.2) is 56.4 Å². The number of pyridine rings is 1. The molecule has 33 heavy (non-hydrogen) atoms. The summed E-state index contributed by atoms with van der Waals surface area (Å²) in [4.78, 5) is 8.47. The van der Waals surface area contributed by atoms with Gasteiger partial charge in [-0.15, -0.1) is 0 Å². The number of alkyl halides is 2. The summed E-state index contributed by atoms with van der Waals surface area (Å²) >= 11 is 0. The molecule has 0 spiro atoms. The third-order valence-corrected chi connectivity index (χ3v) is 8.27. The molecule has 2 fully saturated rings. The smallest absolute Gasteiger partial charge is 0.251 e. The van der Waals surface area contributed by atoms with Crippen molar-refractivity contribution < 1.29 is 17.2 Å². The molecule has 1 aliphatic carbocycles. The Morgan fingerprint density at radius 3 is 2.33 bits per heavy atom. The van der Waals surface area contributed by atoms with Crippen molar-refractivity contribution in [2.75, 3.05) is 25.0 Å². The molecular formula is C24H32F2N4O2S. The molecule has 2 aliphatic rings. The SMILES string of the molecule is CN(Cc1ccccc1)[C@H]1CC[C@H](NS(=O)(=O)c2ccc(N3CCC(F)(F)CC3)nc2)CC1. The fourth-order valence-corrected chi connectivity index (χ4v) is 5.95. The van der Waals surface area contributed by atoms with Crippen LogP contribution in [0, 0.1) is 0 Å². The van der Waals surface area contributed by atoms with Gasteiger partial charge in [0, 0.05) is 50.8 Å². The summed E-state index contributed by atoms with van der Waals surface area (Å²) in [7, 11) is -1.55. The lowest BCUT2D eigenvalue weighted by molar-refractivity contribution is -0.0221. The number of hydrogen-bond acceptors (Lipinski definition) is 5. The van der Waals surface area contributed by atoms with Crippen LogP contribution in [0.4, 0.5) is 14.6 Å². The summed E-state index contributed by atoms with van der Waals surface area (Å²) in [6.45, 7) is 1.31. The van der Waals surface area contributed by atoms with Crippen LogP contribution in [-0.2, 0) is 16.6 Å². The summed E-state index contributed by atoms with van der Waals surface area (Å²) in [5, 5.41) is 0. The second-order valence-electron chi connectivity index (χ2n) is 9.22. The first-order valence-corrected chi connectivity index (χ1v) is 13.1. The van der Waals surface area contributed by atoms with E-state index in [0.29, 0.717) is 11.9 Å². The van der Waals surface area contributed by atoms with E-state index in [1.54, 1.807) is 11.0 Å². The number of aromatic nitrogens is 1. The number of sulfonamides is 1. The number of benzene rings is 1. The Hall–Kier alpha value is -2.10. The predicted octanol–water partition coefficient (Wildman–Crippen LogP) is 4.04. The van der Waals surface area contributed by atoms with E-state index < -0.39 is 15.9 Å². The summed E-state index contributed by atoms with van der Waals surface area (Å²) < 4.78 is 55.3. The number of nitrogens with one attached hydrogen (secondary N) is 1. The van der Waals surface area contributed by atoms with Gasteiger partial charge in [-0.1, -0.05) is 30.3 Å². The molecule has 4 rings (SSSR count). The Morgan fingerprint density at radius 1 is 1.06 bits per heavy atom.